The number of amides is 1. The third-order valence-electron chi connectivity index (χ3n) is 5.21. The molecule has 0 aromatic heterocycles. The number of rotatable bonds is 4. The van der Waals surface area contributed by atoms with Crippen molar-refractivity contribution in [3.05, 3.63) is 62.6 Å². The monoisotopic (exact) mass is 455 g/mol. The second-order valence-electron chi connectivity index (χ2n) is 6.50. The highest BCUT2D eigenvalue weighted by Crippen LogP contribution is 2.44. The lowest BCUT2D eigenvalue weighted by molar-refractivity contribution is -0.125. The van der Waals surface area contributed by atoms with E-state index >= 15 is 0 Å². The molecule has 0 radical (unpaired) electrons. The van der Waals surface area contributed by atoms with Gasteiger partial charge >= 0.3 is 0 Å². The fraction of sp³-hybridized carbons (Fsp3) is 0.316. The normalized spacial score (nSPS) is 19.2. The Bertz CT molecular complexity index is 990. The molecule has 1 aliphatic carbocycles. The Hall–Kier alpha value is -1.37. The zero-order valence-electron chi connectivity index (χ0n) is 14.5. The maximum absolute atomic E-state index is 13.1. The van der Waals surface area contributed by atoms with Crippen molar-refractivity contribution in [2.75, 3.05) is 0 Å². The van der Waals surface area contributed by atoms with Crippen molar-refractivity contribution in [1.29, 1.82) is 0 Å². The molecule has 1 unspecified atom stereocenters. The van der Waals surface area contributed by atoms with E-state index in [0.717, 1.165) is 11.1 Å². The number of carbonyl (C=O) groups excluding carboxylic acids is 1. The lowest BCUT2D eigenvalue weighted by Crippen LogP contribution is -2.45. The Kier molecular flexibility index (Phi) is 5.21. The molecule has 138 valence electrons. The number of benzene rings is 2. The smallest absolute Gasteiger partial charge is 0.264 e. The van der Waals surface area contributed by atoms with Crippen molar-refractivity contribution in [2.45, 2.75) is 43.4 Å². The first-order valence-electron chi connectivity index (χ1n) is 8.33. The molecule has 0 saturated carbocycles. The number of hydrogen-bond acceptors (Lipinski definition) is 3. The summed E-state index contributed by atoms with van der Waals surface area (Å²) in [6.45, 7) is 3.59. The SMILES string of the molecule is CCC1(C(=O)NS(=O)(=O)c2cccc(Br)c2C)CCc2c(Cl)cccc21. The quantitative estimate of drug-likeness (QED) is 0.736. The molecule has 0 aliphatic heterocycles. The van der Waals surface area contributed by atoms with Gasteiger partial charge in [0.05, 0.1) is 10.3 Å². The van der Waals surface area contributed by atoms with Crippen LogP contribution < -0.4 is 4.72 Å². The summed E-state index contributed by atoms with van der Waals surface area (Å²) >= 11 is 9.60. The zero-order valence-corrected chi connectivity index (χ0v) is 17.6. The van der Waals surface area contributed by atoms with E-state index < -0.39 is 21.3 Å². The van der Waals surface area contributed by atoms with E-state index in [9.17, 15) is 13.2 Å². The Morgan fingerprint density at radius 3 is 2.65 bits per heavy atom. The molecule has 0 heterocycles. The van der Waals surface area contributed by atoms with E-state index in [1.54, 1.807) is 31.2 Å². The molecular weight excluding hydrogens is 438 g/mol. The molecule has 0 fully saturated rings. The third kappa shape index (κ3) is 3.08. The number of sulfonamides is 1. The molecule has 26 heavy (non-hydrogen) atoms. The van der Waals surface area contributed by atoms with Gasteiger partial charge in [0.25, 0.3) is 10.0 Å². The fourth-order valence-electron chi connectivity index (χ4n) is 3.65. The lowest BCUT2D eigenvalue weighted by Gasteiger charge is -2.28. The molecule has 2 aromatic rings. The van der Waals surface area contributed by atoms with Crippen LogP contribution in [0.3, 0.4) is 0 Å². The van der Waals surface area contributed by atoms with Gasteiger partial charge in [0.2, 0.25) is 5.91 Å². The predicted molar refractivity (Wildman–Crippen MR) is 106 cm³/mol. The molecular formula is C19H19BrClNO3S. The average molecular weight is 457 g/mol. The van der Waals surface area contributed by atoms with Gasteiger partial charge in [-0.3, -0.25) is 4.79 Å². The lowest BCUT2D eigenvalue weighted by atomic mass is 9.79. The summed E-state index contributed by atoms with van der Waals surface area (Å²) in [7, 11) is -3.97. The third-order valence-corrected chi connectivity index (χ3v) is 7.90. The van der Waals surface area contributed by atoms with Crippen molar-refractivity contribution in [3.8, 4) is 0 Å². The summed E-state index contributed by atoms with van der Waals surface area (Å²) in [4.78, 5) is 13.2. The number of hydrogen-bond donors (Lipinski definition) is 1. The molecule has 7 heteroatoms. The average Bonchev–Trinajstić information content (AvgIpc) is 2.98. The molecule has 1 aliphatic rings. The van der Waals surface area contributed by atoms with Gasteiger partial charge in [-0.2, -0.15) is 0 Å². The van der Waals surface area contributed by atoms with Crippen LogP contribution in [0.15, 0.2) is 45.8 Å². The maximum atomic E-state index is 13.1. The van der Waals surface area contributed by atoms with Crippen LogP contribution in [0, 0.1) is 6.92 Å². The van der Waals surface area contributed by atoms with Gasteiger partial charge in [0.15, 0.2) is 0 Å². The van der Waals surface area contributed by atoms with Gasteiger partial charge in [0.1, 0.15) is 0 Å². The molecule has 3 rings (SSSR count). The Labute approximate surface area is 167 Å². The van der Waals surface area contributed by atoms with Crippen LogP contribution in [-0.2, 0) is 26.7 Å². The van der Waals surface area contributed by atoms with Gasteiger partial charge in [-0.1, -0.05) is 52.7 Å². The number of carbonyl (C=O) groups is 1. The van der Waals surface area contributed by atoms with Crippen LogP contribution >= 0.6 is 27.5 Å². The van der Waals surface area contributed by atoms with Crippen LogP contribution in [0.25, 0.3) is 0 Å². The van der Waals surface area contributed by atoms with Crippen LogP contribution in [0.2, 0.25) is 5.02 Å². The van der Waals surface area contributed by atoms with Crippen LogP contribution in [0.5, 0.6) is 0 Å². The topological polar surface area (TPSA) is 63.2 Å². The van der Waals surface area contributed by atoms with Gasteiger partial charge in [-0.15, -0.1) is 0 Å². The van der Waals surface area contributed by atoms with Crippen molar-refractivity contribution in [1.82, 2.24) is 4.72 Å². The van der Waals surface area contributed by atoms with Crippen LogP contribution in [0.4, 0.5) is 0 Å². The first-order valence-corrected chi connectivity index (χ1v) is 11.0. The molecule has 0 saturated heterocycles. The van der Waals surface area contributed by atoms with Crippen molar-refractivity contribution in [2.24, 2.45) is 0 Å². The summed E-state index contributed by atoms with van der Waals surface area (Å²) in [5.74, 6) is -0.500. The van der Waals surface area contributed by atoms with Gasteiger partial charge in [-0.25, -0.2) is 13.1 Å². The summed E-state index contributed by atoms with van der Waals surface area (Å²) < 4.78 is 28.6. The highest BCUT2D eigenvalue weighted by molar-refractivity contribution is 9.10. The van der Waals surface area contributed by atoms with Crippen molar-refractivity contribution < 1.29 is 13.2 Å². The minimum absolute atomic E-state index is 0.0933. The molecule has 2 aromatic carbocycles. The number of halogens is 2. The van der Waals surface area contributed by atoms with Crippen LogP contribution in [0.1, 0.15) is 36.5 Å². The largest absolute Gasteiger partial charge is 0.273 e. The molecule has 1 atom stereocenters. The predicted octanol–water partition coefficient (Wildman–Crippen LogP) is 4.51. The second kappa shape index (κ2) is 6.98. The Morgan fingerprint density at radius 2 is 1.96 bits per heavy atom. The summed E-state index contributed by atoms with van der Waals surface area (Å²) in [5.41, 5.74) is 1.44. The minimum Gasteiger partial charge on any atom is -0.273 e. The standard InChI is InChI=1S/C19H19BrClNO3S/c1-3-19(11-10-13-14(19)6-4-8-16(13)21)18(23)22-26(24,25)17-9-5-7-15(20)12(17)2/h4-9H,3,10-11H2,1-2H3,(H,22,23). The maximum Gasteiger partial charge on any atom is 0.264 e. The number of nitrogens with one attached hydrogen (secondary N) is 1. The van der Waals surface area contributed by atoms with Crippen molar-refractivity contribution >= 4 is 43.5 Å². The second-order valence-corrected chi connectivity index (χ2v) is 9.41. The first kappa shape index (κ1) is 19.4. The Balaban J connectivity index is 2.00. The zero-order chi connectivity index (χ0) is 19.1. The van der Waals surface area contributed by atoms with Crippen molar-refractivity contribution in [3.63, 3.8) is 0 Å². The van der Waals surface area contributed by atoms with E-state index in [0.29, 0.717) is 34.3 Å². The summed E-state index contributed by atoms with van der Waals surface area (Å²) in [6.07, 6.45) is 1.70. The fourth-order valence-corrected chi connectivity index (χ4v) is 5.74. The Morgan fingerprint density at radius 1 is 1.27 bits per heavy atom. The minimum atomic E-state index is -3.97. The van der Waals surface area contributed by atoms with E-state index in [1.807, 2.05) is 13.0 Å². The summed E-state index contributed by atoms with van der Waals surface area (Å²) in [5, 5.41) is 0.622. The molecule has 1 N–H and O–H groups in total. The summed E-state index contributed by atoms with van der Waals surface area (Å²) in [6, 6.07) is 10.4. The number of fused-ring (bicyclic) bond motifs is 1. The van der Waals surface area contributed by atoms with E-state index in [-0.39, 0.29) is 4.90 Å². The van der Waals surface area contributed by atoms with Gasteiger partial charge in [0, 0.05) is 9.50 Å². The van der Waals surface area contributed by atoms with E-state index in [4.69, 9.17) is 11.6 Å². The van der Waals surface area contributed by atoms with E-state index in [1.165, 1.54) is 6.07 Å². The highest BCUT2D eigenvalue weighted by Gasteiger charge is 2.45. The molecule has 0 spiro atoms. The van der Waals surface area contributed by atoms with Gasteiger partial charge in [-0.05, 0) is 61.1 Å². The molecule has 0 bridgehead atoms. The highest BCUT2D eigenvalue weighted by atomic mass is 79.9. The first-order chi connectivity index (χ1) is 12.2. The van der Waals surface area contributed by atoms with Gasteiger partial charge < -0.3 is 0 Å². The van der Waals surface area contributed by atoms with E-state index in [2.05, 4.69) is 20.7 Å². The van der Waals surface area contributed by atoms with Crippen LogP contribution in [-0.4, -0.2) is 14.3 Å². The molecule has 1 amide bonds. The molecule has 4 nitrogen and oxygen atoms in total.